The van der Waals surface area contributed by atoms with Crippen molar-refractivity contribution < 1.29 is 31.5 Å². The lowest BCUT2D eigenvalue weighted by molar-refractivity contribution is -0.138. The summed E-state index contributed by atoms with van der Waals surface area (Å²) in [5.74, 6) is 0.205. The summed E-state index contributed by atoms with van der Waals surface area (Å²) in [6.45, 7) is 1.47. The van der Waals surface area contributed by atoms with E-state index in [2.05, 4.69) is 17.0 Å². The van der Waals surface area contributed by atoms with Crippen molar-refractivity contribution in [3.05, 3.63) is 107 Å². The van der Waals surface area contributed by atoms with Crippen LogP contribution >= 0.6 is 11.6 Å². The molecular weight excluding hydrogens is 554 g/mol. The van der Waals surface area contributed by atoms with Gasteiger partial charge in [-0.1, -0.05) is 60.7 Å². The summed E-state index contributed by atoms with van der Waals surface area (Å²) < 4.78 is 67.4. The SMILES string of the molecule is CN(CCc1cc(C(F)(F)F)cc(C(F)(F)Cl)c1)C(=O)C(c1ccccc1)N1CCC(c2ccccc2)CC1.F. The van der Waals surface area contributed by atoms with Crippen molar-refractivity contribution in [2.45, 2.75) is 42.8 Å². The van der Waals surface area contributed by atoms with Gasteiger partial charge in [0.2, 0.25) is 5.91 Å². The van der Waals surface area contributed by atoms with E-state index in [1.165, 1.54) is 10.5 Å². The van der Waals surface area contributed by atoms with Crippen LogP contribution in [0.5, 0.6) is 0 Å². The highest BCUT2D eigenvalue weighted by molar-refractivity contribution is 6.21. The molecule has 0 aromatic heterocycles. The minimum Gasteiger partial charge on any atom is -0.344 e. The van der Waals surface area contributed by atoms with Crippen LogP contribution in [0, 0.1) is 0 Å². The minimum atomic E-state index is -4.81. The van der Waals surface area contributed by atoms with Gasteiger partial charge in [0, 0.05) is 19.2 Å². The van der Waals surface area contributed by atoms with E-state index in [1.54, 1.807) is 7.05 Å². The molecular formula is C30H31ClF6N2O. The Bertz CT molecular complexity index is 1210. The van der Waals surface area contributed by atoms with Crippen LogP contribution in [0.4, 0.5) is 26.7 Å². The predicted octanol–water partition coefficient (Wildman–Crippen LogP) is 7.77. The largest absolute Gasteiger partial charge is 0.416 e. The molecule has 1 aliphatic heterocycles. The number of piperidine rings is 1. The fourth-order valence-electron chi connectivity index (χ4n) is 5.14. The van der Waals surface area contributed by atoms with Crippen LogP contribution in [0.25, 0.3) is 0 Å². The lowest BCUT2D eigenvalue weighted by Gasteiger charge is -2.38. The number of rotatable bonds is 8. The quantitative estimate of drug-likeness (QED) is 0.199. The minimum absolute atomic E-state index is 0. The molecule has 1 atom stereocenters. The smallest absolute Gasteiger partial charge is 0.344 e. The Morgan fingerprint density at radius 1 is 0.925 bits per heavy atom. The topological polar surface area (TPSA) is 23.6 Å². The first-order valence-electron chi connectivity index (χ1n) is 12.8. The van der Waals surface area contributed by atoms with Crippen molar-refractivity contribution in [3.63, 3.8) is 0 Å². The van der Waals surface area contributed by atoms with Crippen LogP contribution in [0.1, 0.15) is 52.6 Å². The number of alkyl halides is 6. The average Bonchev–Trinajstić information content (AvgIpc) is 2.92. The van der Waals surface area contributed by atoms with Gasteiger partial charge in [-0.3, -0.25) is 14.4 Å². The van der Waals surface area contributed by atoms with E-state index in [9.17, 15) is 26.7 Å². The maximum atomic E-state index is 13.7. The molecule has 1 aliphatic rings. The molecule has 10 heteroatoms. The second-order valence-corrected chi connectivity index (χ2v) is 10.4. The highest BCUT2D eigenvalue weighted by atomic mass is 35.5. The van der Waals surface area contributed by atoms with Crippen LogP contribution in [0.2, 0.25) is 0 Å². The summed E-state index contributed by atoms with van der Waals surface area (Å²) >= 11 is 5.04. The Labute approximate surface area is 234 Å². The van der Waals surface area contributed by atoms with Crippen molar-refractivity contribution in [1.29, 1.82) is 0 Å². The first kappa shape index (κ1) is 31.5. The maximum absolute atomic E-state index is 13.7. The lowest BCUT2D eigenvalue weighted by atomic mass is 9.88. The van der Waals surface area contributed by atoms with Gasteiger partial charge in [-0.05, 0) is 84.8 Å². The standard InChI is InChI=1S/C30H30ClF5N2O.FH/c1-37(15-12-21-18-25(29(31,32)33)20-26(19-21)30(34,35)36)28(39)27(24-10-6-3-7-11-24)38-16-13-23(14-17-38)22-8-4-2-5-9-22;/h2-11,18-20,23,27H,12-17H2,1H3;1H. The van der Waals surface area contributed by atoms with Gasteiger partial charge in [0.15, 0.2) is 0 Å². The van der Waals surface area contributed by atoms with Gasteiger partial charge in [-0.25, -0.2) is 0 Å². The molecule has 1 saturated heterocycles. The van der Waals surface area contributed by atoms with Crippen molar-refractivity contribution in [2.75, 3.05) is 26.7 Å². The zero-order valence-electron chi connectivity index (χ0n) is 21.9. The molecule has 3 aromatic rings. The van der Waals surface area contributed by atoms with Crippen LogP contribution in [-0.2, 0) is 22.8 Å². The molecule has 40 heavy (non-hydrogen) atoms. The number of hydrogen-bond donors (Lipinski definition) is 0. The fraction of sp³-hybridized carbons (Fsp3) is 0.367. The van der Waals surface area contributed by atoms with E-state index in [0.29, 0.717) is 25.1 Å². The molecule has 0 saturated carbocycles. The number of likely N-dealkylation sites (N-methyl/N-ethyl adjacent to an activating group) is 1. The fourth-order valence-corrected chi connectivity index (χ4v) is 5.25. The number of nitrogens with zero attached hydrogens (tertiary/aromatic N) is 2. The van der Waals surface area contributed by atoms with Crippen molar-refractivity contribution >= 4 is 17.5 Å². The lowest BCUT2D eigenvalue weighted by Crippen LogP contribution is -2.45. The normalized spacial score (nSPS) is 15.8. The molecule has 0 radical (unpaired) electrons. The molecule has 1 fully saturated rings. The van der Waals surface area contributed by atoms with Gasteiger partial charge in [0.25, 0.3) is 0 Å². The summed E-state index contributed by atoms with van der Waals surface area (Å²) in [5, 5.41) is -3.94. The predicted molar refractivity (Wildman–Crippen MR) is 144 cm³/mol. The zero-order chi connectivity index (χ0) is 28.2. The highest BCUT2D eigenvalue weighted by Gasteiger charge is 2.36. The van der Waals surface area contributed by atoms with Crippen LogP contribution in [0.15, 0.2) is 78.9 Å². The maximum Gasteiger partial charge on any atom is 0.416 e. The number of amides is 1. The molecule has 0 spiro atoms. The monoisotopic (exact) mass is 584 g/mol. The number of carbonyl (C=O) groups is 1. The number of carbonyl (C=O) groups excluding carboxylic acids is 1. The summed E-state index contributed by atoms with van der Waals surface area (Å²) in [5.41, 5.74) is 0.00870. The molecule has 1 unspecified atom stereocenters. The molecule has 4 rings (SSSR count). The number of halogens is 7. The Hall–Kier alpha value is -3.04. The van der Waals surface area contributed by atoms with E-state index < -0.39 is 28.7 Å². The van der Waals surface area contributed by atoms with Crippen LogP contribution in [0.3, 0.4) is 0 Å². The third kappa shape index (κ3) is 7.79. The molecule has 3 aromatic carbocycles. The Balaban J connectivity index is 0.00000441. The van der Waals surface area contributed by atoms with E-state index >= 15 is 0 Å². The van der Waals surface area contributed by atoms with Gasteiger partial charge in [0.1, 0.15) is 6.04 Å². The Morgan fingerprint density at radius 2 is 1.48 bits per heavy atom. The summed E-state index contributed by atoms with van der Waals surface area (Å²) in [6, 6.07) is 21.2. The van der Waals surface area contributed by atoms with Crippen LogP contribution < -0.4 is 0 Å². The Morgan fingerprint density at radius 3 is 2.02 bits per heavy atom. The number of benzene rings is 3. The number of likely N-dealkylation sites (tertiary alicyclic amines) is 1. The van der Waals surface area contributed by atoms with Gasteiger partial charge in [-0.2, -0.15) is 22.0 Å². The molecule has 0 N–H and O–H groups in total. The van der Waals surface area contributed by atoms with Gasteiger partial charge < -0.3 is 4.90 Å². The summed E-state index contributed by atoms with van der Waals surface area (Å²) in [4.78, 5) is 17.3. The van der Waals surface area contributed by atoms with Crippen molar-refractivity contribution in [1.82, 2.24) is 9.80 Å². The second kappa shape index (κ2) is 13.1. The zero-order valence-corrected chi connectivity index (χ0v) is 22.6. The second-order valence-electron chi connectivity index (χ2n) is 9.96. The highest BCUT2D eigenvalue weighted by Crippen LogP contribution is 2.38. The molecule has 216 valence electrons. The van der Waals surface area contributed by atoms with Crippen LogP contribution in [-0.4, -0.2) is 42.4 Å². The summed E-state index contributed by atoms with van der Waals surface area (Å²) in [7, 11) is 1.58. The van der Waals surface area contributed by atoms with Gasteiger partial charge in [-0.15, -0.1) is 0 Å². The van der Waals surface area contributed by atoms with Gasteiger partial charge >= 0.3 is 11.6 Å². The average molecular weight is 585 g/mol. The van der Waals surface area contributed by atoms with Gasteiger partial charge in [0.05, 0.1) is 5.56 Å². The third-order valence-electron chi connectivity index (χ3n) is 7.27. The van der Waals surface area contributed by atoms with E-state index in [1.807, 2.05) is 48.5 Å². The van der Waals surface area contributed by atoms with E-state index in [-0.39, 0.29) is 29.1 Å². The molecule has 1 amide bonds. The molecule has 0 bridgehead atoms. The number of hydrogen-bond acceptors (Lipinski definition) is 2. The Kier molecular flexibility index (Phi) is 10.3. The first-order valence-corrected chi connectivity index (χ1v) is 13.2. The first-order chi connectivity index (χ1) is 18.4. The van der Waals surface area contributed by atoms with E-state index in [4.69, 9.17) is 11.6 Å². The third-order valence-corrected chi connectivity index (χ3v) is 7.49. The molecule has 3 nitrogen and oxygen atoms in total. The molecule has 0 aliphatic carbocycles. The van der Waals surface area contributed by atoms with E-state index in [0.717, 1.165) is 30.5 Å². The van der Waals surface area contributed by atoms with Crippen molar-refractivity contribution in [3.8, 4) is 0 Å². The molecule has 1 heterocycles. The van der Waals surface area contributed by atoms with Crippen molar-refractivity contribution in [2.24, 2.45) is 0 Å². The summed E-state index contributed by atoms with van der Waals surface area (Å²) in [6.07, 6.45) is -3.06.